The Morgan fingerprint density at radius 2 is 1.89 bits per heavy atom. The van der Waals surface area contributed by atoms with E-state index in [1.54, 1.807) is 24.4 Å². The number of pyridine rings is 1. The molecular formula is C35H33N3O7. The van der Waals surface area contributed by atoms with Gasteiger partial charge in [0.15, 0.2) is 11.5 Å². The number of nitrogens with zero attached hydrogens (tertiary/aromatic N) is 3. The van der Waals surface area contributed by atoms with Crippen molar-refractivity contribution in [2.24, 2.45) is 10.9 Å². The average molecular weight is 608 g/mol. The van der Waals surface area contributed by atoms with E-state index in [0.29, 0.717) is 42.6 Å². The van der Waals surface area contributed by atoms with E-state index >= 15 is 0 Å². The van der Waals surface area contributed by atoms with Gasteiger partial charge in [-0.1, -0.05) is 24.3 Å². The molecule has 0 saturated carbocycles. The van der Waals surface area contributed by atoms with Gasteiger partial charge in [0.25, 0.3) is 0 Å². The summed E-state index contributed by atoms with van der Waals surface area (Å²) >= 11 is 0. The standard InChI is InChI=1S/C35H33N3O7/c1-23-28(3-2-4-31(23)25-6-8-32-34(16-25)43-14-13-42-32)21-44-30-7-5-26(19-37-11-10-27(20-39)35(40)41)33(17-30)45-22-29-15-24(18-36)9-12-38-29/h2-9,11-12,15-17,27,39H,10,13-14,19-22H2,1H3,(H,40,41)/t27-/m0/s1. The first-order valence-electron chi connectivity index (χ1n) is 14.5. The molecule has 1 aliphatic heterocycles. The Bertz CT molecular complexity index is 1730. The summed E-state index contributed by atoms with van der Waals surface area (Å²) in [6.45, 7) is 3.35. The molecule has 0 fully saturated rings. The molecule has 0 unspecified atom stereocenters. The number of aliphatic imine (C=N–C) groups is 1. The molecule has 2 N–H and O–H groups in total. The molecule has 3 aromatic carbocycles. The van der Waals surface area contributed by atoms with Crippen molar-refractivity contribution < 1.29 is 34.0 Å². The molecule has 0 amide bonds. The van der Waals surface area contributed by atoms with Gasteiger partial charge in [-0.05, 0) is 72.0 Å². The molecule has 0 bridgehead atoms. The number of aliphatic hydroxyl groups excluding tert-OH is 1. The predicted molar refractivity (Wildman–Crippen MR) is 167 cm³/mol. The average Bonchev–Trinajstić information content (AvgIpc) is 3.07. The Morgan fingerprint density at radius 1 is 1.04 bits per heavy atom. The molecule has 0 radical (unpaired) electrons. The lowest BCUT2D eigenvalue weighted by Gasteiger charge is -2.20. The van der Waals surface area contributed by atoms with Crippen LogP contribution in [0.1, 0.15) is 34.4 Å². The lowest BCUT2D eigenvalue weighted by molar-refractivity contribution is -0.142. The SMILES string of the molecule is Cc1c(COc2ccc(CN=CC[C@@H](CO)C(=O)O)c(OCc3cc(C#N)ccn3)c2)cccc1-c1ccc2c(c1)OCCO2. The Labute approximate surface area is 261 Å². The van der Waals surface area contributed by atoms with Crippen molar-refractivity contribution in [1.82, 2.24) is 4.98 Å². The van der Waals surface area contributed by atoms with E-state index in [1.807, 2.05) is 42.5 Å². The predicted octanol–water partition coefficient (Wildman–Crippen LogP) is 5.51. The number of rotatable bonds is 13. The fourth-order valence-corrected chi connectivity index (χ4v) is 4.81. The van der Waals surface area contributed by atoms with Gasteiger partial charge in [-0.2, -0.15) is 5.26 Å². The van der Waals surface area contributed by atoms with E-state index in [1.165, 1.54) is 6.21 Å². The molecule has 0 aliphatic carbocycles. The van der Waals surface area contributed by atoms with Crippen molar-refractivity contribution in [3.05, 3.63) is 101 Å². The van der Waals surface area contributed by atoms with E-state index in [9.17, 15) is 15.2 Å². The van der Waals surface area contributed by atoms with Crippen molar-refractivity contribution in [2.45, 2.75) is 33.1 Å². The second kappa shape index (κ2) is 14.9. The minimum atomic E-state index is -1.08. The van der Waals surface area contributed by atoms with Crippen LogP contribution in [0, 0.1) is 24.2 Å². The van der Waals surface area contributed by atoms with Gasteiger partial charge in [0, 0.05) is 24.0 Å². The highest BCUT2D eigenvalue weighted by Gasteiger charge is 2.16. The van der Waals surface area contributed by atoms with Gasteiger partial charge in [0.05, 0.1) is 36.4 Å². The summed E-state index contributed by atoms with van der Waals surface area (Å²) < 4.78 is 23.8. The second-order valence-electron chi connectivity index (χ2n) is 10.4. The van der Waals surface area contributed by atoms with Gasteiger partial charge in [-0.3, -0.25) is 14.8 Å². The van der Waals surface area contributed by atoms with Crippen molar-refractivity contribution >= 4 is 12.2 Å². The molecule has 2 heterocycles. The van der Waals surface area contributed by atoms with Gasteiger partial charge >= 0.3 is 5.97 Å². The number of aliphatic hydroxyl groups is 1. The van der Waals surface area contributed by atoms with Crippen LogP contribution in [0.15, 0.2) is 77.9 Å². The first-order chi connectivity index (χ1) is 21.9. The molecule has 4 aromatic rings. The number of carboxylic acids is 1. The van der Waals surface area contributed by atoms with Gasteiger partial charge in [0.2, 0.25) is 0 Å². The number of aliphatic carboxylic acids is 1. The number of carboxylic acid groups (broad SMARTS) is 1. The minimum Gasteiger partial charge on any atom is -0.489 e. The van der Waals surface area contributed by atoms with Crippen molar-refractivity contribution in [1.29, 1.82) is 5.26 Å². The number of ether oxygens (including phenoxy) is 4. The Morgan fingerprint density at radius 3 is 2.69 bits per heavy atom. The van der Waals surface area contributed by atoms with Crippen LogP contribution in [0.2, 0.25) is 0 Å². The first kappa shape index (κ1) is 31.0. The lowest BCUT2D eigenvalue weighted by atomic mass is 9.96. The Kier molecular flexibility index (Phi) is 10.2. The highest BCUT2D eigenvalue weighted by Crippen LogP contribution is 2.36. The highest BCUT2D eigenvalue weighted by molar-refractivity contribution is 5.75. The summed E-state index contributed by atoms with van der Waals surface area (Å²) in [6, 6.07) is 22.9. The van der Waals surface area contributed by atoms with Crippen molar-refractivity contribution in [3.8, 4) is 40.2 Å². The maximum absolute atomic E-state index is 11.2. The van der Waals surface area contributed by atoms with Crippen LogP contribution >= 0.6 is 0 Å². The first-order valence-corrected chi connectivity index (χ1v) is 14.5. The summed E-state index contributed by atoms with van der Waals surface area (Å²) in [5.41, 5.74) is 6.04. The second-order valence-corrected chi connectivity index (χ2v) is 10.4. The van der Waals surface area contributed by atoms with Crippen LogP contribution in [-0.2, 0) is 24.6 Å². The maximum atomic E-state index is 11.2. The third-order valence-corrected chi connectivity index (χ3v) is 7.40. The number of benzene rings is 3. The van der Waals surface area contributed by atoms with E-state index in [-0.39, 0.29) is 19.6 Å². The molecule has 1 aliphatic rings. The molecule has 45 heavy (non-hydrogen) atoms. The maximum Gasteiger partial charge on any atom is 0.309 e. The Hall–Kier alpha value is -5.40. The monoisotopic (exact) mass is 607 g/mol. The van der Waals surface area contributed by atoms with Crippen LogP contribution in [-0.4, -0.2) is 47.2 Å². The summed E-state index contributed by atoms with van der Waals surface area (Å²) in [6.07, 6.45) is 3.17. The highest BCUT2D eigenvalue weighted by atomic mass is 16.6. The van der Waals surface area contributed by atoms with Crippen LogP contribution in [0.5, 0.6) is 23.0 Å². The molecule has 10 heteroatoms. The van der Waals surface area contributed by atoms with Crippen LogP contribution in [0.4, 0.5) is 0 Å². The molecule has 1 atom stereocenters. The fourth-order valence-electron chi connectivity index (χ4n) is 4.81. The quantitative estimate of drug-likeness (QED) is 0.188. The van der Waals surface area contributed by atoms with E-state index in [4.69, 9.17) is 24.1 Å². The van der Waals surface area contributed by atoms with Crippen molar-refractivity contribution in [3.63, 3.8) is 0 Å². The normalized spacial score (nSPS) is 12.8. The largest absolute Gasteiger partial charge is 0.489 e. The van der Waals surface area contributed by atoms with E-state index in [0.717, 1.165) is 39.3 Å². The molecule has 0 saturated heterocycles. The number of nitriles is 1. The molecule has 10 nitrogen and oxygen atoms in total. The molecule has 0 spiro atoms. The number of carbonyl (C=O) groups is 1. The third-order valence-electron chi connectivity index (χ3n) is 7.40. The summed E-state index contributed by atoms with van der Waals surface area (Å²) in [5.74, 6) is 0.613. The van der Waals surface area contributed by atoms with Crippen molar-refractivity contribution in [2.75, 3.05) is 19.8 Å². The summed E-state index contributed by atoms with van der Waals surface area (Å²) in [5, 5.41) is 27.6. The van der Waals surface area contributed by atoms with Gasteiger partial charge in [0.1, 0.15) is 37.9 Å². The van der Waals surface area contributed by atoms with Gasteiger partial charge in [-0.25, -0.2) is 0 Å². The molecular weight excluding hydrogens is 574 g/mol. The number of fused-ring (bicyclic) bond motifs is 1. The Balaban J connectivity index is 1.32. The number of aromatic nitrogens is 1. The van der Waals surface area contributed by atoms with Crippen LogP contribution in [0.25, 0.3) is 11.1 Å². The van der Waals surface area contributed by atoms with E-state index < -0.39 is 18.5 Å². The lowest BCUT2D eigenvalue weighted by Crippen LogP contribution is -2.17. The molecule has 5 rings (SSSR count). The fraction of sp³-hybridized carbons (Fsp3) is 0.257. The van der Waals surface area contributed by atoms with Gasteiger partial charge in [-0.15, -0.1) is 0 Å². The molecule has 230 valence electrons. The van der Waals surface area contributed by atoms with Crippen LogP contribution < -0.4 is 18.9 Å². The van der Waals surface area contributed by atoms with E-state index in [2.05, 4.69) is 29.0 Å². The zero-order chi connectivity index (χ0) is 31.6. The summed E-state index contributed by atoms with van der Waals surface area (Å²) in [4.78, 5) is 19.8. The van der Waals surface area contributed by atoms with Gasteiger partial charge < -0.3 is 29.2 Å². The minimum absolute atomic E-state index is 0.110. The topological polar surface area (TPSA) is 143 Å². The zero-order valence-corrected chi connectivity index (χ0v) is 24.8. The number of hydrogen-bond donors (Lipinski definition) is 2. The van der Waals surface area contributed by atoms with Crippen LogP contribution in [0.3, 0.4) is 0 Å². The third kappa shape index (κ3) is 7.96. The number of hydrogen-bond acceptors (Lipinski definition) is 9. The smallest absolute Gasteiger partial charge is 0.309 e. The zero-order valence-electron chi connectivity index (χ0n) is 24.8. The summed E-state index contributed by atoms with van der Waals surface area (Å²) in [7, 11) is 0. The molecule has 1 aromatic heterocycles.